The highest BCUT2D eigenvalue weighted by Gasteiger charge is 2.26. The first kappa shape index (κ1) is 12.0. The van der Waals surface area contributed by atoms with Gasteiger partial charge in [-0.3, -0.25) is 11.3 Å². The van der Waals surface area contributed by atoms with Gasteiger partial charge in [-0.2, -0.15) is 0 Å². The Morgan fingerprint density at radius 2 is 2.00 bits per heavy atom. The number of hydrogen-bond acceptors (Lipinski definition) is 5. The lowest BCUT2D eigenvalue weighted by molar-refractivity contribution is 0.332. The van der Waals surface area contributed by atoms with E-state index in [2.05, 4.69) is 15.0 Å². The summed E-state index contributed by atoms with van der Waals surface area (Å²) in [6.45, 7) is 2.01. The molecule has 1 aliphatic carbocycles. The van der Waals surface area contributed by atoms with E-state index in [0.717, 1.165) is 5.69 Å². The molecule has 0 aromatic carbocycles. The van der Waals surface area contributed by atoms with Crippen LogP contribution in [0.25, 0.3) is 0 Å². The van der Waals surface area contributed by atoms with Crippen molar-refractivity contribution in [3.8, 4) is 0 Å². The quantitative estimate of drug-likeness (QED) is 0.483. The zero-order valence-electron chi connectivity index (χ0n) is 9.78. The fourth-order valence-corrected chi connectivity index (χ4v) is 3.39. The summed E-state index contributed by atoms with van der Waals surface area (Å²) in [5, 5.41) is 4.08. The second-order valence-electron chi connectivity index (χ2n) is 4.62. The van der Waals surface area contributed by atoms with Crippen LogP contribution in [0.2, 0.25) is 0 Å². The maximum atomic E-state index is 5.72. The molecule has 1 aromatic rings. The van der Waals surface area contributed by atoms with Crippen LogP contribution in [-0.2, 0) is 0 Å². The topological polar surface area (TPSA) is 63.8 Å². The Hall–Kier alpha value is -0.520. The van der Waals surface area contributed by atoms with Crippen LogP contribution in [0.3, 0.4) is 0 Å². The Bertz CT molecular complexity index is 318. The maximum Gasteiger partial charge on any atom is 0.0773 e. The maximum absolute atomic E-state index is 5.72. The van der Waals surface area contributed by atoms with Crippen molar-refractivity contribution >= 4 is 11.5 Å². The molecule has 0 amide bonds. The minimum Gasteiger partial charge on any atom is -0.271 e. The first-order chi connectivity index (χ1) is 7.83. The lowest BCUT2D eigenvalue weighted by Crippen LogP contribution is -2.33. The van der Waals surface area contributed by atoms with Crippen LogP contribution in [0.4, 0.5) is 0 Å². The average Bonchev–Trinajstić information content (AvgIpc) is 2.57. The van der Waals surface area contributed by atoms with E-state index in [4.69, 9.17) is 5.84 Å². The molecule has 1 aromatic heterocycles. The van der Waals surface area contributed by atoms with Gasteiger partial charge in [0, 0.05) is 0 Å². The van der Waals surface area contributed by atoms with E-state index in [1.165, 1.54) is 54.9 Å². The molecular formula is C11H20N4S. The van der Waals surface area contributed by atoms with E-state index < -0.39 is 0 Å². The fourth-order valence-electron chi connectivity index (χ4n) is 2.59. The van der Waals surface area contributed by atoms with Crippen LogP contribution >= 0.6 is 11.5 Å². The molecule has 5 heteroatoms. The van der Waals surface area contributed by atoms with Crippen molar-refractivity contribution in [1.82, 2.24) is 15.0 Å². The van der Waals surface area contributed by atoms with Crippen molar-refractivity contribution in [2.75, 3.05) is 0 Å². The minimum atomic E-state index is 0.248. The average molecular weight is 240 g/mol. The Labute approximate surface area is 101 Å². The summed E-state index contributed by atoms with van der Waals surface area (Å²) < 4.78 is 4.00. The van der Waals surface area contributed by atoms with Crippen molar-refractivity contribution in [3.05, 3.63) is 10.6 Å². The van der Waals surface area contributed by atoms with Crippen LogP contribution in [0.5, 0.6) is 0 Å². The van der Waals surface area contributed by atoms with Crippen molar-refractivity contribution in [2.45, 2.75) is 51.5 Å². The van der Waals surface area contributed by atoms with E-state index >= 15 is 0 Å². The summed E-state index contributed by atoms with van der Waals surface area (Å²) in [6.07, 6.45) is 7.93. The molecule has 1 unspecified atom stereocenters. The molecule has 2 rings (SSSR count). The number of rotatable bonds is 3. The monoisotopic (exact) mass is 240 g/mol. The Morgan fingerprint density at radius 3 is 2.50 bits per heavy atom. The molecule has 1 aliphatic rings. The minimum absolute atomic E-state index is 0.248. The molecule has 1 fully saturated rings. The standard InChI is InChI=1S/C11H20N4S/c1-8-11(16-15-14-8)10(13-12)9-6-4-2-3-5-7-9/h9-10,13H,2-7,12H2,1H3. The predicted octanol–water partition coefficient (Wildman–Crippen LogP) is 2.32. The molecule has 0 saturated heterocycles. The first-order valence-electron chi connectivity index (χ1n) is 6.08. The lowest BCUT2D eigenvalue weighted by Gasteiger charge is -2.24. The third kappa shape index (κ3) is 2.59. The molecule has 0 spiro atoms. The lowest BCUT2D eigenvalue weighted by atomic mass is 9.91. The molecule has 0 aliphatic heterocycles. The smallest absolute Gasteiger partial charge is 0.0773 e. The van der Waals surface area contributed by atoms with Gasteiger partial charge in [-0.25, -0.2) is 0 Å². The third-order valence-electron chi connectivity index (χ3n) is 3.52. The number of hydrogen-bond donors (Lipinski definition) is 2. The van der Waals surface area contributed by atoms with E-state index in [0.29, 0.717) is 5.92 Å². The zero-order chi connectivity index (χ0) is 11.4. The van der Waals surface area contributed by atoms with Gasteiger partial charge in [0.15, 0.2) is 0 Å². The fraction of sp³-hybridized carbons (Fsp3) is 0.818. The highest BCUT2D eigenvalue weighted by atomic mass is 32.1. The number of nitrogens with zero attached hydrogens (tertiary/aromatic N) is 2. The van der Waals surface area contributed by atoms with Gasteiger partial charge < -0.3 is 0 Å². The van der Waals surface area contributed by atoms with Gasteiger partial charge in [-0.1, -0.05) is 30.2 Å². The summed E-state index contributed by atoms with van der Waals surface area (Å²) in [7, 11) is 0. The summed E-state index contributed by atoms with van der Waals surface area (Å²) in [5.74, 6) is 6.36. The summed E-state index contributed by atoms with van der Waals surface area (Å²) in [6, 6.07) is 0.248. The number of nitrogens with two attached hydrogens (primary N) is 1. The zero-order valence-corrected chi connectivity index (χ0v) is 10.6. The molecule has 1 heterocycles. The van der Waals surface area contributed by atoms with Crippen molar-refractivity contribution in [3.63, 3.8) is 0 Å². The molecular weight excluding hydrogens is 220 g/mol. The molecule has 0 bridgehead atoms. The molecule has 3 N–H and O–H groups in total. The second kappa shape index (κ2) is 5.70. The van der Waals surface area contributed by atoms with Crippen molar-refractivity contribution in [2.24, 2.45) is 11.8 Å². The van der Waals surface area contributed by atoms with Crippen LogP contribution in [0.1, 0.15) is 55.1 Å². The van der Waals surface area contributed by atoms with E-state index in [9.17, 15) is 0 Å². The largest absolute Gasteiger partial charge is 0.271 e. The summed E-state index contributed by atoms with van der Waals surface area (Å²) in [5.41, 5.74) is 4.00. The van der Waals surface area contributed by atoms with Crippen LogP contribution < -0.4 is 11.3 Å². The van der Waals surface area contributed by atoms with Gasteiger partial charge in [0.05, 0.1) is 16.6 Å². The van der Waals surface area contributed by atoms with Gasteiger partial charge in [0.2, 0.25) is 0 Å². The molecule has 1 atom stereocenters. The first-order valence-corrected chi connectivity index (χ1v) is 6.85. The van der Waals surface area contributed by atoms with E-state index in [1.807, 2.05) is 6.92 Å². The number of nitrogens with one attached hydrogen (secondary N) is 1. The van der Waals surface area contributed by atoms with Crippen molar-refractivity contribution < 1.29 is 0 Å². The molecule has 16 heavy (non-hydrogen) atoms. The third-order valence-corrected chi connectivity index (χ3v) is 4.43. The highest BCUT2D eigenvalue weighted by molar-refractivity contribution is 7.05. The Morgan fingerprint density at radius 1 is 1.31 bits per heavy atom. The summed E-state index contributed by atoms with van der Waals surface area (Å²) >= 11 is 1.48. The second-order valence-corrected chi connectivity index (χ2v) is 5.40. The van der Waals surface area contributed by atoms with E-state index in [-0.39, 0.29) is 6.04 Å². The normalized spacial score (nSPS) is 20.6. The van der Waals surface area contributed by atoms with Gasteiger partial charge in [-0.15, -0.1) is 5.10 Å². The Kier molecular flexibility index (Phi) is 4.26. The summed E-state index contributed by atoms with van der Waals surface area (Å²) in [4.78, 5) is 1.22. The molecule has 4 nitrogen and oxygen atoms in total. The van der Waals surface area contributed by atoms with Crippen LogP contribution in [-0.4, -0.2) is 9.59 Å². The predicted molar refractivity (Wildman–Crippen MR) is 65.9 cm³/mol. The van der Waals surface area contributed by atoms with Gasteiger partial charge in [-0.05, 0) is 37.2 Å². The highest BCUT2D eigenvalue weighted by Crippen LogP contribution is 2.35. The molecule has 0 radical (unpaired) electrons. The van der Waals surface area contributed by atoms with E-state index in [1.54, 1.807) is 0 Å². The SMILES string of the molecule is Cc1nnsc1C(NN)C1CCCCCC1. The van der Waals surface area contributed by atoms with Gasteiger partial charge in [0.25, 0.3) is 0 Å². The Balaban J connectivity index is 2.12. The number of aromatic nitrogens is 2. The van der Waals surface area contributed by atoms with Gasteiger partial charge in [0.1, 0.15) is 0 Å². The van der Waals surface area contributed by atoms with Crippen molar-refractivity contribution in [1.29, 1.82) is 0 Å². The molecule has 90 valence electrons. The number of aryl methyl sites for hydroxylation is 1. The van der Waals surface area contributed by atoms with Gasteiger partial charge >= 0.3 is 0 Å². The van der Waals surface area contributed by atoms with Crippen LogP contribution in [0.15, 0.2) is 0 Å². The number of hydrazine groups is 1. The molecule has 1 saturated carbocycles. The van der Waals surface area contributed by atoms with Crippen LogP contribution in [0, 0.1) is 12.8 Å².